The van der Waals surface area contributed by atoms with Gasteiger partial charge in [-0.1, -0.05) is 91.0 Å². The first-order valence-corrected chi connectivity index (χ1v) is 11.2. The number of benzene rings is 5. The third-order valence-electron chi connectivity index (χ3n) is 6.94. The molecule has 2 heteroatoms. The second kappa shape index (κ2) is 7.42. The van der Waals surface area contributed by atoms with E-state index in [1.54, 1.807) is 6.07 Å². The molecule has 5 aromatic carbocycles. The molecule has 0 radical (unpaired) electrons. The van der Waals surface area contributed by atoms with Gasteiger partial charge in [-0.15, -0.1) is 0 Å². The highest BCUT2D eigenvalue weighted by Crippen LogP contribution is 2.39. The Labute approximate surface area is 186 Å². The molecule has 1 unspecified atom stereocenters. The number of carbonyl (C=O) groups is 2. The average molecular weight is 415 g/mol. The molecule has 1 aliphatic carbocycles. The maximum absolute atomic E-state index is 13.5. The van der Waals surface area contributed by atoms with E-state index in [2.05, 4.69) is 48.5 Å². The van der Waals surface area contributed by atoms with Crippen molar-refractivity contribution in [3.63, 3.8) is 0 Å². The molecular weight excluding hydrogens is 392 g/mol. The molecule has 0 heterocycles. The van der Waals surface area contributed by atoms with Crippen molar-refractivity contribution in [1.29, 1.82) is 0 Å². The summed E-state index contributed by atoms with van der Waals surface area (Å²) in [6.07, 6.45) is 2.58. The minimum absolute atomic E-state index is 0.289. The van der Waals surface area contributed by atoms with Crippen LogP contribution in [-0.2, 0) is 11.2 Å². The lowest BCUT2D eigenvalue weighted by Crippen LogP contribution is -2.26. The number of hydrogen-bond donors (Lipinski definition) is 0. The number of ketones is 2. The fourth-order valence-corrected chi connectivity index (χ4v) is 5.40. The van der Waals surface area contributed by atoms with Crippen LogP contribution in [0.15, 0.2) is 91.0 Å². The highest BCUT2D eigenvalue weighted by molar-refractivity contribution is 6.47. The molecule has 0 spiro atoms. The molecule has 0 N–H and O–H groups in total. The molecule has 0 saturated carbocycles. The predicted octanol–water partition coefficient (Wildman–Crippen LogP) is 7.02. The van der Waals surface area contributed by atoms with Crippen molar-refractivity contribution in [1.82, 2.24) is 0 Å². The van der Waals surface area contributed by atoms with Gasteiger partial charge in [0, 0.05) is 5.56 Å². The minimum Gasteiger partial charge on any atom is -0.290 e. The van der Waals surface area contributed by atoms with Crippen molar-refractivity contribution in [3.05, 3.63) is 108 Å². The van der Waals surface area contributed by atoms with Crippen molar-refractivity contribution < 1.29 is 9.59 Å². The van der Waals surface area contributed by atoms with E-state index in [-0.39, 0.29) is 17.5 Å². The summed E-state index contributed by atoms with van der Waals surface area (Å²) in [6, 6.07) is 30.3. The van der Waals surface area contributed by atoms with Gasteiger partial charge in [0.15, 0.2) is 0 Å². The molecule has 154 valence electrons. The number of aryl methyl sites for hydroxylation is 1. The molecule has 0 amide bonds. The summed E-state index contributed by atoms with van der Waals surface area (Å²) in [4.78, 5) is 26.9. The largest absolute Gasteiger partial charge is 0.290 e. The van der Waals surface area contributed by atoms with Crippen LogP contribution in [0.5, 0.6) is 0 Å². The Morgan fingerprint density at radius 3 is 2.16 bits per heavy atom. The van der Waals surface area contributed by atoms with Crippen LogP contribution in [0.2, 0.25) is 0 Å². The molecule has 2 nitrogen and oxygen atoms in total. The second-order valence-corrected chi connectivity index (χ2v) is 8.68. The molecule has 0 saturated heterocycles. The molecule has 0 aromatic heterocycles. The third-order valence-corrected chi connectivity index (χ3v) is 6.94. The van der Waals surface area contributed by atoms with Crippen molar-refractivity contribution in [3.8, 4) is 0 Å². The Balaban J connectivity index is 1.45. The molecule has 0 fully saturated rings. The third kappa shape index (κ3) is 2.87. The number of rotatable bonds is 3. The number of Topliss-reactive ketones (excluding diaryl/α,β-unsaturated/α-hetero) is 2. The predicted molar refractivity (Wildman–Crippen MR) is 130 cm³/mol. The van der Waals surface area contributed by atoms with Crippen LogP contribution in [0.4, 0.5) is 0 Å². The summed E-state index contributed by atoms with van der Waals surface area (Å²) < 4.78 is 0. The summed E-state index contributed by atoms with van der Waals surface area (Å²) in [6.45, 7) is 0. The van der Waals surface area contributed by atoms with Crippen molar-refractivity contribution in [2.45, 2.75) is 25.2 Å². The molecule has 1 atom stereocenters. The Kier molecular flexibility index (Phi) is 4.39. The van der Waals surface area contributed by atoms with Crippen LogP contribution >= 0.6 is 0 Å². The number of fused-ring (bicyclic) bond motifs is 6. The van der Waals surface area contributed by atoms with E-state index in [9.17, 15) is 9.59 Å². The molecule has 5 aromatic rings. The van der Waals surface area contributed by atoms with Gasteiger partial charge in [0.1, 0.15) is 0 Å². The van der Waals surface area contributed by atoms with Crippen molar-refractivity contribution in [2.75, 3.05) is 0 Å². The first kappa shape index (κ1) is 18.9. The van der Waals surface area contributed by atoms with Crippen molar-refractivity contribution in [2.24, 2.45) is 0 Å². The van der Waals surface area contributed by atoms with Gasteiger partial charge >= 0.3 is 0 Å². The van der Waals surface area contributed by atoms with E-state index in [0.717, 1.165) is 35.6 Å². The SMILES string of the molecule is O=C(C(=O)C1CCCc2c1ccc1c2ccc2ccccc21)c1cccc2ccccc12. The quantitative estimate of drug-likeness (QED) is 0.181. The maximum Gasteiger partial charge on any atom is 0.229 e. The van der Waals surface area contributed by atoms with Crippen LogP contribution in [0.3, 0.4) is 0 Å². The number of hydrogen-bond acceptors (Lipinski definition) is 2. The summed E-state index contributed by atoms with van der Waals surface area (Å²) in [5.74, 6) is -1.04. The fraction of sp³-hybridized carbons (Fsp3) is 0.133. The monoisotopic (exact) mass is 414 g/mol. The molecular formula is C30H22O2. The topological polar surface area (TPSA) is 34.1 Å². The minimum atomic E-state index is -0.377. The zero-order valence-corrected chi connectivity index (χ0v) is 17.7. The highest BCUT2D eigenvalue weighted by atomic mass is 16.2. The van der Waals surface area contributed by atoms with Gasteiger partial charge in [0.05, 0.1) is 5.92 Å². The van der Waals surface area contributed by atoms with E-state index in [1.165, 1.54) is 27.1 Å². The standard InChI is InChI=1S/C30H22O2/c31-29(27-13-5-9-19-7-1-4-11-22(19)27)30(32)28-14-6-12-23-25-16-15-20-8-2-3-10-21(20)24(25)17-18-26(23)28/h1-5,7-11,13,15-18,28H,6,12,14H2. The fourth-order valence-electron chi connectivity index (χ4n) is 5.40. The summed E-state index contributed by atoms with van der Waals surface area (Å²) in [5.41, 5.74) is 2.76. The lowest BCUT2D eigenvalue weighted by atomic mass is 9.76. The second-order valence-electron chi connectivity index (χ2n) is 8.68. The Morgan fingerprint density at radius 2 is 1.31 bits per heavy atom. The Bertz CT molecular complexity index is 1540. The van der Waals surface area contributed by atoms with Gasteiger partial charge in [-0.05, 0) is 62.7 Å². The van der Waals surface area contributed by atoms with E-state index in [4.69, 9.17) is 0 Å². The molecule has 32 heavy (non-hydrogen) atoms. The van der Waals surface area contributed by atoms with Gasteiger partial charge in [-0.2, -0.15) is 0 Å². The molecule has 0 aliphatic heterocycles. The van der Waals surface area contributed by atoms with Crippen LogP contribution in [0.1, 0.15) is 40.2 Å². The maximum atomic E-state index is 13.5. The molecule has 6 rings (SSSR count). The zero-order chi connectivity index (χ0) is 21.7. The summed E-state index contributed by atoms with van der Waals surface area (Å²) >= 11 is 0. The molecule has 1 aliphatic rings. The highest BCUT2D eigenvalue weighted by Gasteiger charge is 2.32. The number of carbonyl (C=O) groups excluding carboxylic acids is 2. The van der Waals surface area contributed by atoms with Gasteiger partial charge < -0.3 is 0 Å². The lowest BCUT2D eigenvalue weighted by Gasteiger charge is -2.26. The van der Waals surface area contributed by atoms with E-state index >= 15 is 0 Å². The summed E-state index contributed by atoms with van der Waals surface area (Å²) in [5, 5.41) is 6.69. The van der Waals surface area contributed by atoms with E-state index in [0.29, 0.717) is 5.56 Å². The van der Waals surface area contributed by atoms with Crippen LogP contribution in [-0.4, -0.2) is 11.6 Å². The Morgan fingerprint density at radius 1 is 0.625 bits per heavy atom. The van der Waals surface area contributed by atoms with Crippen molar-refractivity contribution >= 4 is 43.9 Å². The molecule has 0 bridgehead atoms. The van der Waals surface area contributed by atoms with Gasteiger partial charge in [-0.25, -0.2) is 0 Å². The van der Waals surface area contributed by atoms with Gasteiger partial charge in [-0.3, -0.25) is 9.59 Å². The van der Waals surface area contributed by atoms with Gasteiger partial charge in [0.25, 0.3) is 0 Å². The lowest BCUT2D eigenvalue weighted by molar-refractivity contribution is -0.116. The Hall–Kier alpha value is -3.78. The average Bonchev–Trinajstić information content (AvgIpc) is 2.86. The van der Waals surface area contributed by atoms with Crippen LogP contribution in [0.25, 0.3) is 32.3 Å². The van der Waals surface area contributed by atoms with E-state index in [1.807, 2.05) is 36.4 Å². The van der Waals surface area contributed by atoms with Crippen LogP contribution < -0.4 is 0 Å². The summed E-state index contributed by atoms with van der Waals surface area (Å²) in [7, 11) is 0. The normalized spacial score (nSPS) is 15.7. The smallest absolute Gasteiger partial charge is 0.229 e. The van der Waals surface area contributed by atoms with Crippen LogP contribution in [0, 0.1) is 0 Å². The first-order chi connectivity index (χ1) is 15.7. The van der Waals surface area contributed by atoms with E-state index < -0.39 is 0 Å². The van der Waals surface area contributed by atoms with Gasteiger partial charge in [0.2, 0.25) is 11.6 Å². The first-order valence-electron chi connectivity index (χ1n) is 11.2. The zero-order valence-electron chi connectivity index (χ0n) is 17.7.